The summed E-state index contributed by atoms with van der Waals surface area (Å²) >= 11 is 1.53. The summed E-state index contributed by atoms with van der Waals surface area (Å²) in [4.78, 5) is 21.4. The Morgan fingerprint density at radius 2 is 2.15 bits per heavy atom. The fraction of sp³-hybridized carbons (Fsp3) is 0.789. The molecular weight excluding hydrogens is 350 g/mol. The number of rotatable bonds is 5. The Labute approximate surface area is 160 Å². The van der Waals surface area contributed by atoms with E-state index in [1.807, 2.05) is 31.9 Å². The summed E-state index contributed by atoms with van der Waals surface area (Å²) in [6.07, 6.45) is 7.40. The highest BCUT2D eigenvalue weighted by Gasteiger charge is 2.34. The van der Waals surface area contributed by atoms with E-state index >= 15 is 0 Å². The smallest absolute Gasteiger partial charge is 0.410 e. The summed E-state index contributed by atoms with van der Waals surface area (Å²) in [6.45, 7) is 8.33. The predicted molar refractivity (Wildman–Crippen MR) is 104 cm³/mol. The lowest BCUT2D eigenvalue weighted by Crippen LogP contribution is -2.53. The van der Waals surface area contributed by atoms with Crippen LogP contribution in [0.1, 0.15) is 57.9 Å². The van der Waals surface area contributed by atoms with Gasteiger partial charge in [-0.05, 0) is 52.4 Å². The fourth-order valence-electron chi connectivity index (χ4n) is 3.58. The number of piperidine rings is 1. The lowest BCUT2D eigenvalue weighted by molar-refractivity contribution is 0.00738. The zero-order valence-electron chi connectivity index (χ0n) is 16.1. The van der Waals surface area contributed by atoms with Crippen LogP contribution in [0.15, 0.2) is 6.20 Å². The van der Waals surface area contributed by atoms with Gasteiger partial charge in [0.05, 0.1) is 18.8 Å². The van der Waals surface area contributed by atoms with Gasteiger partial charge in [0.1, 0.15) is 15.6 Å². The van der Waals surface area contributed by atoms with Gasteiger partial charge in [-0.3, -0.25) is 0 Å². The molecule has 2 aliphatic rings. The minimum absolute atomic E-state index is 0.0202. The highest BCUT2D eigenvalue weighted by Crippen LogP contribution is 2.32. The zero-order chi connectivity index (χ0) is 18.7. The first kappa shape index (κ1) is 19.4. The van der Waals surface area contributed by atoms with E-state index in [2.05, 4.69) is 9.88 Å². The molecule has 0 aromatic carbocycles. The van der Waals surface area contributed by atoms with E-state index in [0.717, 1.165) is 42.5 Å². The van der Waals surface area contributed by atoms with Crippen LogP contribution in [0, 0.1) is 5.92 Å². The summed E-state index contributed by atoms with van der Waals surface area (Å²) < 4.78 is 5.71. The Morgan fingerprint density at radius 3 is 2.73 bits per heavy atom. The molecule has 1 aromatic heterocycles. The van der Waals surface area contributed by atoms with Gasteiger partial charge in [0.25, 0.3) is 0 Å². The Bertz CT molecular complexity index is 609. The van der Waals surface area contributed by atoms with Gasteiger partial charge in [-0.1, -0.05) is 17.8 Å². The van der Waals surface area contributed by atoms with Crippen LogP contribution in [-0.4, -0.2) is 52.4 Å². The molecule has 7 heteroatoms. The second-order valence-electron chi connectivity index (χ2n) is 8.42. The molecule has 1 atom stereocenters. The van der Waals surface area contributed by atoms with Crippen LogP contribution >= 0.6 is 11.3 Å². The molecular formula is C19H31N3O3S. The van der Waals surface area contributed by atoms with Crippen molar-refractivity contribution in [1.29, 1.82) is 0 Å². The Balaban J connectivity index is 1.70. The standard InChI is InChI=1S/C19H31N3O3S/c1-19(2,3)25-18(24)22(11-14-6-4-7-14)15-8-5-9-21(12-15)17-10-20-16(13-23)26-17/h10,14-15,23H,4-9,11-13H2,1-3H3. The third kappa shape index (κ3) is 4.88. The Hall–Kier alpha value is -1.34. The van der Waals surface area contributed by atoms with Crippen LogP contribution in [0.3, 0.4) is 0 Å². The quantitative estimate of drug-likeness (QED) is 0.843. The van der Waals surface area contributed by atoms with Gasteiger partial charge >= 0.3 is 6.09 Å². The minimum Gasteiger partial charge on any atom is -0.444 e. The van der Waals surface area contributed by atoms with E-state index < -0.39 is 5.60 Å². The molecule has 0 spiro atoms. The summed E-state index contributed by atoms with van der Waals surface area (Å²) in [5.41, 5.74) is -0.475. The summed E-state index contributed by atoms with van der Waals surface area (Å²) in [5.74, 6) is 0.613. The normalized spacial score (nSPS) is 21.4. The first-order valence-corrected chi connectivity index (χ1v) is 10.5. The predicted octanol–water partition coefficient (Wildman–Crippen LogP) is 3.64. The number of aliphatic hydroxyl groups excluding tert-OH is 1. The van der Waals surface area contributed by atoms with Crippen molar-refractivity contribution in [3.05, 3.63) is 11.2 Å². The first-order valence-electron chi connectivity index (χ1n) is 9.66. The van der Waals surface area contributed by atoms with E-state index in [0.29, 0.717) is 5.92 Å². The van der Waals surface area contributed by atoms with E-state index in [9.17, 15) is 9.90 Å². The second-order valence-corrected chi connectivity index (χ2v) is 9.52. The van der Waals surface area contributed by atoms with Gasteiger partial charge in [-0.25, -0.2) is 9.78 Å². The van der Waals surface area contributed by atoms with E-state index in [1.54, 1.807) is 0 Å². The van der Waals surface area contributed by atoms with Gasteiger partial charge < -0.3 is 19.6 Å². The molecule has 2 heterocycles. The number of aliphatic hydroxyl groups is 1. The second kappa shape index (κ2) is 8.13. The molecule has 1 amide bonds. The highest BCUT2D eigenvalue weighted by molar-refractivity contribution is 7.15. The lowest BCUT2D eigenvalue weighted by atomic mass is 9.84. The number of anilines is 1. The van der Waals surface area contributed by atoms with Crippen molar-refractivity contribution < 1.29 is 14.6 Å². The number of ether oxygens (including phenoxy) is 1. The Kier molecular flexibility index (Phi) is 6.07. The molecule has 1 saturated heterocycles. The van der Waals surface area contributed by atoms with Gasteiger partial charge in [-0.2, -0.15) is 0 Å². The monoisotopic (exact) mass is 381 g/mol. The van der Waals surface area contributed by atoms with E-state index in [4.69, 9.17) is 4.74 Å². The Morgan fingerprint density at radius 1 is 1.38 bits per heavy atom. The average molecular weight is 382 g/mol. The zero-order valence-corrected chi connectivity index (χ0v) is 16.9. The van der Waals surface area contributed by atoms with Gasteiger partial charge in [-0.15, -0.1) is 0 Å². The minimum atomic E-state index is -0.475. The maximum atomic E-state index is 12.9. The number of hydrogen-bond donors (Lipinski definition) is 1. The largest absolute Gasteiger partial charge is 0.444 e. The summed E-state index contributed by atoms with van der Waals surface area (Å²) in [5, 5.41) is 11.1. The molecule has 26 heavy (non-hydrogen) atoms. The average Bonchev–Trinajstić information content (AvgIpc) is 3.01. The lowest BCUT2D eigenvalue weighted by Gasteiger charge is -2.42. The summed E-state index contributed by atoms with van der Waals surface area (Å²) in [6, 6.07) is 0.166. The topological polar surface area (TPSA) is 65.9 Å². The number of carbonyl (C=O) groups excluding carboxylic acids is 1. The maximum Gasteiger partial charge on any atom is 0.410 e. The van der Waals surface area contributed by atoms with E-state index in [1.165, 1.54) is 30.6 Å². The fourth-order valence-corrected chi connectivity index (χ4v) is 4.39. The van der Waals surface area contributed by atoms with Gasteiger partial charge in [0, 0.05) is 19.6 Å². The molecule has 1 N–H and O–H groups in total. The van der Waals surface area contributed by atoms with Crippen LogP contribution in [-0.2, 0) is 11.3 Å². The van der Waals surface area contributed by atoms with Crippen LogP contribution < -0.4 is 4.90 Å². The number of hydrogen-bond acceptors (Lipinski definition) is 6. The number of amides is 1. The number of thiazole rings is 1. The van der Waals surface area contributed by atoms with Gasteiger partial charge in [0.15, 0.2) is 0 Å². The van der Waals surface area contributed by atoms with Crippen LogP contribution in [0.25, 0.3) is 0 Å². The third-order valence-corrected chi connectivity index (χ3v) is 6.18. The SMILES string of the molecule is CC(C)(C)OC(=O)N(CC1CCC1)C1CCCN(c2cnc(CO)s2)C1. The molecule has 0 radical (unpaired) electrons. The molecule has 1 aliphatic heterocycles. The molecule has 1 aromatic rings. The van der Waals surface area contributed by atoms with Crippen molar-refractivity contribution in [2.75, 3.05) is 24.5 Å². The van der Waals surface area contributed by atoms with Gasteiger partial charge in [0.2, 0.25) is 0 Å². The van der Waals surface area contributed by atoms with Crippen molar-refractivity contribution in [3.8, 4) is 0 Å². The van der Waals surface area contributed by atoms with Crippen molar-refractivity contribution >= 4 is 22.4 Å². The molecule has 1 saturated carbocycles. The molecule has 1 aliphatic carbocycles. The molecule has 2 fully saturated rings. The molecule has 6 nitrogen and oxygen atoms in total. The maximum absolute atomic E-state index is 12.9. The summed E-state index contributed by atoms with van der Waals surface area (Å²) in [7, 11) is 0. The number of aromatic nitrogens is 1. The third-order valence-electron chi connectivity index (χ3n) is 5.13. The first-order chi connectivity index (χ1) is 12.4. The van der Waals surface area contributed by atoms with Crippen molar-refractivity contribution in [3.63, 3.8) is 0 Å². The molecule has 1 unspecified atom stereocenters. The molecule has 3 rings (SSSR count). The van der Waals surface area contributed by atoms with E-state index in [-0.39, 0.29) is 18.7 Å². The van der Waals surface area contributed by atoms with Crippen molar-refractivity contribution in [2.24, 2.45) is 5.92 Å². The molecule has 146 valence electrons. The van der Waals surface area contributed by atoms with Crippen LogP contribution in [0.4, 0.5) is 9.80 Å². The van der Waals surface area contributed by atoms with Crippen LogP contribution in [0.5, 0.6) is 0 Å². The highest BCUT2D eigenvalue weighted by atomic mass is 32.1. The van der Waals surface area contributed by atoms with Crippen LogP contribution in [0.2, 0.25) is 0 Å². The number of nitrogens with zero attached hydrogens (tertiary/aromatic N) is 3. The van der Waals surface area contributed by atoms with Crippen molar-refractivity contribution in [2.45, 2.75) is 71.1 Å². The molecule has 0 bridgehead atoms. The number of carbonyl (C=O) groups is 1. The van der Waals surface area contributed by atoms with Crippen molar-refractivity contribution in [1.82, 2.24) is 9.88 Å².